The first kappa shape index (κ1) is 18.5. The lowest BCUT2D eigenvalue weighted by atomic mass is 10.2. The van der Waals surface area contributed by atoms with Gasteiger partial charge in [0.05, 0.1) is 24.3 Å². The summed E-state index contributed by atoms with van der Waals surface area (Å²) in [5, 5.41) is 0. The highest BCUT2D eigenvalue weighted by molar-refractivity contribution is 8.27. The Morgan fingerprint density at radius 2 is 1.73 bits per heavy atom. The first-order chi connectivity index (χ1) is 12.6. The Kier molecular flexibility index (Phi) is 5.96. The third-order valence-corrected chi connectivity index (χ3v) is 5.08. The van der Waals surface area contributed by atoms with Gasteiger partial charge in [-0.05, 0) is 54.5 Å². The van der Waals surface area contributed by atoms with Gasteiger partial charge in [-0.25, -0.2) is 0 Å². The molecule has 1 aliphatic heterocycles. The van der Waals surface area contributed by atoms with Gasteiger partial charge < -0.3 is 9.47 Å². The van der Waals surface area contributed by atoms with E-state index in [9.17, 15) is 4.79 Å². The summed E-state index contributed by atoms with van der Waals surface area (Å²) in [6.45, 7) is 2.76. The predicted octanol–water partition coefficient (Wildman–Crippen LogP) is 4.89. The average Bonchev–Trinajstić information content (AvgIpc) is 2.94. The number of thiocarbonyl (C=S) groups is 1. The lowest BCUT2D eigenvalue weighted by Gasteiger charge is -2.14. The molecule has 4 nitrogen and oxygen atoms in total. The third-order valence-electron chi connectivity index (χ3n) is 3.78. The molecule has 0 spiro atoms. The van der Waals surface area contributed by atoms with Crippen LogP contribution < -0.4 is 14.4 Å². The summed E-state index contributed by atoms with van der Waals surface area (Å²) in [5.74, 6) is 1.45. The Morgan fingerprint density at radius 3 is 2.35 bits per heavy atom. The van der Waals surface area contributed by atoms with Crippen molar-refractivity contribution in [3.8, 4) is 11.5 Å². The van der Waals surface area contributed by atoms with E-state index in [0.717, 1.165) is 29.2 Å². The Bertz CT molecular complexity index is 829. The Labute approximate surface area is 162 Å². The highest BCUT2D eigenvalue weighted by Gasteiger charge is 2.33. The highest BCUT2D eigenvalue weighted by atomic mass is 32.2. The van der Waals surface area contributed by atoms with E-state index in [4.69, 9.17) is 21.7 Å². The van der Waals surface area contributed by atoms with Crippen LogP contribution >= 0.6 is 24.0 Å². The highest BCUT2D eigenvalue weighted by Crippen LogP contribution is 2.36. The van der Waals surface area contributed by atoms with Gasteiger partial charge >= 0.3 is 0 Å². The summed E-state index contributed by atoms with van der Waals surface area (Å²) in [6, 6.07) is 15.0. The van der Waals surface area contributed by atoms with E-state index in [1.807, 2.05) is 54.6 Å². The number of ether oxygens (including phenoxy) is 2. The molecule has 2 aromatic carbocycles. The van der Waals surface area contributed by atoms with Crippen molar-refractivity contribution in [2.24, 2.45) is 0 Å². The summed E-state index contributed by atoms with van der Waals surface area (Å²) < 4.78 is 11.3. The third kappa shape index (κ3) is 4.08. The monoisotopic (exact) mass is 385 g/mol. The molecule has 0 aromatic heterocycles. The van der Waals surface area contributed by atoms with Crippen LogP contribution in [0.25, 0.3) is 6.08 Å². The van der Waals surface area contributed by atoms with Gasteiger partial charge in [0.15, 0.2) is 4.32 Å². The quantitative estimate of drug-likeness (QED) is 0.523. The van der Waals surface area contributed by atoms with Crippen LogP contribution in [0.1, 0.15) is 18.9 Å². The second-order valence-electron chi connectivity index (χ2n) is 5.63. The van der Waals surface area contributed by atoms with Gasteiger partial charge in [-0.15, -0.1) is 0 Å². The second-order valence-corrected chi connectivity index (χ2v) is 7.31. The molecule has 0 bridgehead atoms. The number of hydrogen-bond donors (Lipinski definition) is 0. The number of carbonyl (C=O) groups is 1. The summed E-state index contributed by atoms with van der Waals surface area (Å²) >= 11 is 6.70. The topological polar surface area (TPSA) is 38.8 Å². The molecule has 0 saturated carbocycles. The molecule has 0 unspecified atom stereocenters. The molecule has 1 aliphatic rings. The van der Waals surface area contributed by atoms with E-state index < -0.39 is 0 Å². The van der Waals surface area contributed by atoms with Crippen LogP contribution in [0, 0.1) is 0 Å². The Balaban J connectivity index is 1.78. The van der Waals surface area contributed by atoms with Crippen molar-refractivity contribution >= 4 is 46.0 Å². The van der Waals surface area contributed by atoms with Crippen molar-refractivity contribution in [3.05, 3.63) is 59.0 Å². The van der Waals surface area contributed by atoms with Crippen LogP contribution in [0.5, 0.6) is 11.5 Å². The molecule has 0 radical (unpaired) electrons. The number of amides is 1. The predicted molar refractivity (Wildman–Crippen MR) is 111 cm³/mol. The average molecular weight is 386 g/mol. The van der Waals surface area contributed by atoms with E-state index in [-0.39, 0.29) is 5.91 Å². The van der Waals surface area contributed by atoms with Crippen LogP contribution in [0.4, 0.5) is 5.69 Å². The molecular weight excluding hydrogens is 366 g/mol. The summed E-state index contributed by atoms with van der Waals surface area (Å²) in [4.78, 5) is 14.9. The number of rotatable bonds is 6. The van der Waals surface area contributed by atoms with Gasteiger partial charge in [0, 0.05) is 0 Å². The first-order valence-corrected chi connectivity index (χ1v) is 9.49. The number of nitrogens with zero attached hydrogens (tertiary/aromatic N) is 1. The molecule has 2 aromatic rings. The number of anilines is 1. The molecule has 134 valence electrons. The maximum Gasteiger partial charge on any atom is 0.270 e. The minimum absolute atomic E-state index is 0.114. The molecule has 0 N–H and O–H groups in total. The largest absolute Gasteiger partial charge is 0.497 e. The van der Waals surface area contributed by atoms with Crippen LogP contribution in [-0.4, -0.2) is 23.9 Å². The van der Waals surface area contributed by atoms with Gasteiger partial charge in [-0.2, -0.15) is 0 Å². The van der Waals surface area contributed by atoms with Crippen LogP contribution in [0.3, 0.4) is 0 Å². The zero-order valence-corrected chi connectivity index (χ0v) is 16.2. The minimum Gasteiger partial charge on any atom is -0.497 e. The molecule has 1 fully saturated rings. The summed E-state index contributed by atoms with van der Waals surface area (Å²) in [7, 11) is 1.61. The van der Waals surface area contributed by atoms with E-state index in [2.05, 4.69) is 6.92 Å². The number of thioether (sulfide) groups is 1. The van der Waals surface area contributed by atoms with Crippen molar-refractivity contribution in [1.29, 1.82) is 0 Å². The van der Waals surface area contributed by atoms with E-state index >= 15 is 0 Å². The summed E-state index contributed by atoms with van der Waals surface area (Å²) in [6.07, 6.45) is 2.82. The van der Waals surface area contributed by atoms with Crippen molar-refractivity contribution in [3.63, 3.8) is 0 Å². The lowest BCUT2D eigenvalue weighted by molar-refractivity contribution is -0.113. The standard InChI is InChI=1S/C20H19NO3S2/c1-3-12-24-17-8-4-14(5-9-17)13-18-19(22)21(20(25)26-18)15-6-10-16(23-2)11-7-15/h4-11,13H,3,12H2,1-2H3. The zero-order chi connectivity index (χ0) is 18.5. The minimum atomic E-state index is -0.114. The van der Waals surface area contributed by atoms with E-state index in [1.165, 1.54) is 11.8 Å². The SMILES string of the molecule is CCCOc1ccc(C=C2SC(=S)N(c3ccc(OC)cc3)C2=O)cc1. The molecule has 1 saturated heterocycles. The van der Waals surface area contributed by atoms with Gasteiger partial charge in [0.1, 0.15) is 11.5 Å². The van der Waals surface area contributed by atoms with Crippen LogP contribution in [0.2, 0.25) is 0 Å². The molecule has 1 heterocycles. The number of carbonyl (C=O) groups excluding carboxylic acids is 1. The molecule has 26 heavy (non-hydrogen) atoms. The fourth-order valence-corrected chi connectivity index (χ4v) is 3.75. The number of methoxy groups -OCH3 is 1. The smallest absolute Gasteiger partial charge is 0.270 e. The Hall–Kier alpha value is -2.31. The zero-order valence-electron chi connectivity index (χ0n) is 14.6. The number of hydrogen-bond acceptors (Lipinski definition) is 5. The van der Waals surface area contributed by atoms with E-state index in [1.54, 1.807) is 12.0 Å². The van der Waals surface area contributed by atoms with Gasteiger partial charge in [0.25, 0.3) is 5.91 Å². The van der Waals surface area contributed by atoms with E-state index in [0.29, 0.717) is 15.8 Å². The van der Waals surface area contributed by atoms with Crippen LogP contribution in [0.15, 0.2) is 53.4 Å². The van der Waals surface area contributed by atoms with Crippen molar-refractivity contribution in [2.75, 3.05) is 18.6 Å². The molecule has 3 rings (SSSR count). The van der Waals surface area contributed by atoms with Gasteiger partial charge in [0.2, 0.25) is 0 Å². The van der Waals surface area contributed by atoms with Crippen molar-refractivity contribution < 1.29 is 14.3 Å². The second kappa shape index (κ2) is 8.38. The fraction of sp³-hybridized carbons (Fsp3) is 0.200. The van der Waals surface area contributed by atoms with Gasteiger partial charge in [-0.1, -0.05) is 43.0 Å². The number of benzene rings is 2. The molecule has 0 aliphatic carbocycles. The normalized spacial score (nSPS) is 15.6. The maximum atomic E-state index is 12.8. The van der Waals surface area contributed by atoms with Crippen molar-refractivity contribution in [1.82, 2.24) is 0 Å². The van der Waals surface area contributed by atoms with Crippen LogP contribution in [-0.2, 0) is 4.79 Å². The first-order valence-electron chi connectivity index (χ1n) is 8.27. The molecule has 6 heteroatoms. The Morgan fingerprint density at radius 1 is 1.08 bits per heavy atom. The molecule has 1 amide bonds. The fourth-order valence-electron chi connectivity index (χ4n) is 2.45. The lowest BCUT2D eigenvalue weighted by Crippen LogP contribution is -2.27. The summed E-state index contributed by atoms with van der Waals surface area (Å²) in [5.41, 5.74) is 1.67. The molecule has 0 atom stereocenters. The molecular formula is C20H19NO3S2. The maximum absolute atomic E-state index is 12.8. The van der Waals surface area contributed by atoms with Gasteiger partial charge in [-0.3, -0.25) is 9.69 Å². The van der Waals surface area contributed by atoms with Crippen molar-refractivity contribution in [2.45, 2.75) is 13.3 Å².